The maximum Gasteiger partial charge on any atom is 0.407 e. The van der Waals surface area contributed by atoms with Crippen LogP contribution in [0.1, 0.15) is 59.6 Å². The summed E-state index contributed by atoms with van der Waals surface area (Å²) in [5.41, 5.74) is 3.86. The van der Waals surface area contributed by atoms with Gasteiger partial charge >= 0.3 is 6.09 Å². The summed E-state index contributed by atoms with van der Waals surface area (Å²) in [7, 11) is 0. The van der Waals surface area contributed by atoms with Crippen molar-refractivity contribution >= 4 is 38.5 Å². The van der Waals surface area contributed by atoms with Gasteiger partial charge in [-0.1, -0.05) is 17.4 Å². The van der Waals surface area contributed by atoms with Crippen molar-refractivity contribution in [2.75, 3.05) is 32.7 Å². The number of imidazole rings is 1. The number of piperidine rings is 1. The predicted molar refractivity (Wildman–Crippen MR) is 155 cm³/mol. The standard InChI is InChI=1S/C30H33F2N5O3S/c1-18-14-26-27(16-22(18)28(38)33-9-3-10-35-12-7-20(31)8-13-35)41-29-34-24(17-37(26)29)21-6-5-19(15-23(21)32)25-4-2-11-36(25)30(39)40/h5-6,14-17,20,25H,2-4,7-13H2,1H3,(H,33,38)(H,39,40)/t25-/m1/s1. The number of likely N-dealkylation sites (tertiary alicyclic amines) is 2. The summed E-state index contributed by atoms with van der Waals surface area (Å²) in [6.45, 7) is 5.31. The van der Waals surface area contributed by atoms with Gasteiger partial charge in [0.05, 0.1) is 22.0 Å². The molecule has 2 aromatic carbocycles. The second kappa shape index (κ2) is 11.4. The van der Waals surface area contributed by atoms with Crippen molar-refractivity contribution in [2.45, 2.75) is 51.2 Å². The zero-order valence-electron chi connectivity index (χ0n) is 22.9. The Labute approximate surface area is 240 Å². The smallest absolute Gasteiger partial charge is 0.407 e. The number of carbonyl (C=O) groups is 2. The van der Waals surface area contributed by atoms with Crippen LogP contribution in [0, 0.1) is 12.7 Å². The predicted octanol–water partition coefficient (Wildman–Crippen LogP) is 6.03. The Balaban J connectivity index is 1.16. The molecule has 6 rings (SSSR count). The van der Waals surface area contributed by atoms with Gasteiger partial charge in [-0.3, -0.25) is 9.20 Å². The van der Waals surface area contributed by atoms with Crippen LogP contribution >= 0.6 is 11.3 Å². The quantitative estimate of drug-likeness (QED) is 0.260. The lowest BCUT2D eigenvalue weighted by Crippen LogP contribution is -2.36. The summed E-state index contributed by atoms with van der Waals surface area (Å²) in [5.74, 6) is -0.554. The van der Waals surface area contributed by atoms with E-state index in [2.05, 4.69) is 15.2 Å². The molecule has 0 radical (unpaired) electrons. The lowest BCUT2D eigenvalue weighted by atomic mass is 10.0. The Morgan fingerprint density at radius 3 is 2.71 bits per heavy atom. The third-order valence-corrected chi connectivity index (χ3v) is 9.31. The molecule has 0 bridgehead atoms. The summed E-state index contributed by atoms with van der Waals surface area (Å²) in [4.78, 5) is 33.5. The lowest BCUT2D eigenvalue weighted by Gasteiger charge is -2.28. The molecule has 0 aliphatic carbocycles. The monoisotopic (exact) mass is 581 g/mol. The molecule has 1 atom stereocenters. The van der Waals surface area contributed by atoms with Gasteiger partial charge in [-0.25, -0.2) is 18.6 Å². The molecular formula is C30H33F2N5O3S. The number of fused-ring (bicyclic) bond motifs is 3. The van der Waals surface area contributed by atoms with Crippen molar-refractivity contribution in [1.82, 2.24) is 24.5 Å². The van der Waals surface area contributed by atoms with Crippen LogP contribution in [0.2, 0.25) is 0 Å². The molecule has 2 fully saturated rings. The first-order chi connectivity index (χ1) is 19.8. The van der Waals surface area contributed by atoms with Crippen molar-refractivity contribution in [2.24, 2.45) is 0 Å². The SMILES string of the molecule is Cc1cc2c(cc1C(=O)NCCCN1CCC(F)CC1)sc1nc(-c3ccc([C@H]4CCCN4C(=O)O)cc3F)cn12. The number of alkyl halides is 1. The number of carbonyl (C=O) groups excluding carboxylic acids is 1. The van der Waals surface area contributed by atoms with Gasteiger partial charge < -0.3 is 20.2 Å². The number of hydrogen-bond acceptors (Lipinski definition) is 5. The third kappa shape index (κ3) is 5.52. The molecule has 41 heavy (non-hydrogen) atoms. The zero-order valence-corrected chi connectivity index (χ0v) is 23.7. The molecule has 2 aliphatic rings. The highest BCUT2D eigenvalue weighted by atomic mass is 32.1. The molecule has 2 amide bonds. The van der Waals surface area contributed by atoms with Gasteiger partial charge in [0.15, 0.2) is 4.96 Å². The van der Waals surface area contributed by atoms with Crippen molar-refractivity contribution in [3.8, 4) is 11.3 Å². The molecular weight excluding hydrogens is 548 g/mol. The van der Waals surface area contributed by atoms with Crippen molar-refractivity contribution < 1.29 is 23.5 Å². The van der Waals surface area contributed by atoms with Gasteiger partial charge in [-0.15, -0.1) is 0 Å². The van der Waals surface area contributed by atoms with Gasteiger partial charge in [0.1, 0.15) is 12.0 Å². The molecule has 216 valence electrons. The fourth-order valence-corrected chi connectivity index (χ4v) is 7.07. The number of hydrogen-bond donors (Lipinski definition) is 2. The number of benzene rings is 2. The summed E-state index contributed by atoms with van der Waals surface area (Å²) < 4.78 is 31.4. The number of carboxylic acid groups (broad SMARTS) is 1. The maximum atomic E-state index is 15.2. The average molecular weight is 582 g/mol. The number of nitrogens with one attached hydrogen (secondary N) is 1. The van der Waals surface area contributed by atoms with E-state index in [1.807, 2.05) is 23.5 Å². The van der Waals surface area contributed by atoms with Crippen molar-refractivity contribution in [3.05, 3.63) is 59.0 Å². The van der Waals surface area contributed by atoms with Crippen LogP contribution in [0.25, 0.3) is 26.4 Å². The number of halogens is 2. The average Bonchev–Trinajstić information content (AvgIpc) is 3.67. The van der Waals surface area contributed by atoms with E-state index in [-0.39, 0.29) is 11.9 Å². The highest BCUT2D eigenvalue weighted by Crippen LogP contribution is 2.36. The highest BCUT2D eigenvalue weighted by molar-refractivity contribution is 7.23. The maximum absolute atomic E-state index is 15.2. The van der Waals surface area contributed by atoms with E-state index in [1.165, 1.54) is 22.3 Å². The zero-order chi connectivity index (χ0) is 28.7. The first-order valence-corrected chi connectivity index (χ1v) is 15.0. The molecule has 2 saturated heterocycles. The molecule has 0 saturated carbocycles. The molecule has 8 nitrogen and oxygen atoms in total. The molecule has 4 aromatic rings. The number of nitrogens with zero attached hydrogens (tertiary/aromatic N) is 4. The molecule has 2 aliphatic heterocycles. The lowest BCUT2D eigenvalue weighted by molar-refractivity contribution is 0.0949. The van der Waals surface area contributed by atoms with E-state index in [4.69, 9.17) is 0 Å². The summed E-state index contributed by atoms with van der Waals surface area (Å²) in [6.07, 6.45) is 3.57. The minimum atomic E-state index is -0.986. The second-order valence-corrected chi connectivity index (χ2v) is 12.0. The van der Waals surface area contributed by atoms with E-state index < -0.39 is 18.1 Å². The van der Waals surface area contributed by atoms with Gasteiger partial charge in [-0.2, -0.15) is 0 Å². The Morgan fingerprint density at radius 1 is 1.15 bits per heavy atom. The molecule has 4 heterocycles. The summed E-state index contributed by atoms with van der Waals surface area (Å²) in [5, 5.41) is 12.5. The molecule has 0 spiro atoms. The topological polar surface area (TPSA) is 90.2 Å². The number of aromatic nitrogens is 2. The van der Waals surface area contributed by atoms with Gasteiger partial charge in [0.2, 0.25) is 0 Å². The molecule has 2 N–H and O–H groups in total. The van der Waals surface area contributed by atoms with Crippen molar-refractivity contribution in [3.63, 3.8) is 0 Å². The largest absolute Gasteiger partial charge is 0.465 e. The Morgan fingerprint density at radius 2 is 1.95 bits per heavy atom. The van der Waals surface area contributed by atoms with E-state index in [0.717, 1.165) is 48.3 Å². The molecule has 0 unspecified atom stereocenters. The van der Waals surface area contributed by atoms with Crippen LogP contribution < -0.4 is 5.32 Å². The number of amides is 2. The van der Waals surface area contributed by atoms with E-state index in [0.29, 0.717) is 59.7 Å². The molecule has 11 heteroatoms. The Bertz CT molecular complexity index is 1610. The minimum absolute atomic E-state index is 0.121. The second-order valence-electron chi connectivity index (χ2n) is 11.0. The van der Waals surface area contributed by atoms with Gasteiger partial charge in [-0.05, 0) is 81.0 Å². The first kappa shape index (κ1) is 27.6. The van der Waals surface area contributed by atoms with Gasteiger partial charge in [0, 0.05) is 43.5 Å². The summed E-state index contributed by atoms with van der Waals surface area (Å²) >= 11 is 1.44. The highest BCUT2D eigenvalue weighted by Gasteiger charge is 2.30. The fourth-order valence-electron chi connectivity index (χ4n) is 6.04. The minimum Gasteiger partial charge on any atom is -0.465 e. The normalized spacial score (nSPS) is 18.5. The van der Waals surface area contributed by atoms with Crippen LogP contribution in [-0.4, -0.2) is 75.2 Å². The molecule has 2 aromatic heterocycles. The van der Waals surface area contributed by atoms with Crippen LogP contribution in [0.3, 0.4) is 0 Å². The van der Waals surface area contributed by atoms with Crippen LogP contribution in [0.4, 0.5) is 13.6 Å². The number of thiazole rings is 1. The van der Waals surface area contributed by atoms with E-state index in [9.17, 15) is 19.1 Å². The summed E-state index contributed by atoms with van der Waals surface area (Å²) in [6, 6.07) is 8.40. The van der Waals surface area contributed by atoms with Gasteiger partial charge in [0.25, 0.3) is 5.91 Å². The van der Waals surface area contributed by atoms with Crippen LogP contribution in [0.15, 0.2) is 36.5 Å². The first-order valence-electron chi connectivity index (χ1n) is 14.1. The number of aryl methyl sites for hydroxylation is 1. The third-order valence-electron chi connectivity index (χ3n) is 8.29. The van der Waals surface area contributed by atoms with Crippen LogP contribution in [-0.2, 0) is 0 Å². The fraction of sp³-hybridized carbons (Fsp3) is 0.433. The van der Waals surface area contributed by atoms with Crippen LogP contribution in [0.5, 0.6) is 0 Å². The van der Waals surface area contributed by atoms with E-state index >= 15 is 4.39 Å². The van der Waals surface area contributed by atoms with Crippen molar-refractivity contribution in [1.29, 1.82) is 0 Å². The Kier molecular flexibility index (Phi) is 7.65. The Hall–Kier alpha value is -3.57. The van der Waals surface area contributed by atoms with E-state index in [1.54, 1.807) is 18.3 Å². The number of rotatable bonds is 7.